The highest BCUT2D eigenvalue weighted by Crippen LogP contribution is 2.06. The van der Waals surface area contributed by atoms with Crippen LogP contribution in [0.3, 0.4) is 0 Å². The Balaban J connectivity index is 2.09. The van der Waals surface area contributed by atoms with Gasteiger partial charge in [0.05, 0.1) is 6.54 Å². The van der Waals surface area contributed by atoms with Gasteiger partial charge in [-0.15, -0.1) is 0 Å². The molecule has 1 saturated heterocycles. The van der Waals surface area contributed by atoms with Gasteiger partial charge in [-0.3, -0.25) is 9.69 Å². The number of nitrogens with one attached hydrogen (secondary N) is 1. The van der Waals surface area contributed by atoms with Gasteiger partial charge in [0.1, 0.15) is 0 Å². The molecule has 1 rings (SSSR count). The van der Waals surface area contributed by atoms with Crippen LogP contribution in [0.5, 0.6) is 0 Å². The molecule has 4 nitrogen and oxygen atoms in total. The van der Waals surface area contributed by atoms with Crippen molar-refractivity contribution in [3.05, 3.63) is 12.2 Å². The summed E-state index contributed by atoms with van der Waals surface area (Å²) >= 11 is 0. The molecule has 1 aliphatic rings. The molecule has 1 heterocycles. The quantitative estimate of drug-likeness (QED) is 0.529. The molecule has 0 aliphatic carbocycles. The van der Waals surface area contributed by atoms with Gasteiger partial charge < -0.3 is 11.1 Å². The van der Waals surface area contributed by atoms with E-state index < -0.39 is 0 Å². The molecule has 1 fully saturated rings. The Labute approximate surface area is 97.9 Å². The normalized spacial score (nSPS) is 19.1. The molecule has 0 aromatic carbocycles. The van der Waals surface area contributed by atoms with E-state index in [1.54, 1.807) is 0 Å². The predicted octanol–water partition coefficient (Wildman–Crippen LogP) is 0.492. The van der Waals surface area contributed by atoms with Gasteiger partial charge in [-0.1, -0.05) is 12.2 Å². The lowest BCUT2D eigenvalue weighted by atomic mass is 10.1. The molecule has 3 N–H and O–H groups in total. The Morgan fingerprint density at radius 2 is 2.19 bits per heavy atom. The maximum atomic E-state index is 11.5. The third-order valence-electron chi connectivity index (χ3n) is 2.87. The van der Waals surface area contributed by atoms with Crippen LogP contribution in [0.25, 0.3) is 0 Å². The predicted molar refractivity (Wildman–Crippen MR) is 66.1 cm³/mol. The highest BCUT2D eigenvalue weighted by molar-refractivity contribution is 5.77. The van der Waals surface area contributed by atoms with Crippen LogP contribution in [0.15, 0.2) is 12.2 Å². The molecule has 0 unspecified atom stereocenters. The summed E-state index contributed by atoms with van der Waals surface area (Å²) in [7, 11) is 0. The van der Waals surface area contributed by atoms with Crippen molar-refractivity contribution >= 4 is 5.91 Å². The number of allylic oxidation sites excluding steroid dienone is 1. The van der Waals surface area contributed by atoms with Crippen molar-refractivity contribution in [2.45, 2.75) is 32.2 Å². The van der Waals surface area contributed by atoms with Crippen LogP contribution in [0.2, 0.25) is 0 Å². The number of nitrogens with zero attached hydrogens (tertiary/aromatic N) is 1. The van der Waals surface area contributed by atoms with Gasteiger partial charge in [-0.2, -0.15) is 0 Å². The Morgan fingerprint density at radius 1 is 1.50 bits per heavy atom. The summed E-state index contributed by atoms with van der Waals surface area (Å²) < 4.78 is 0. The van der Waals surface area contributed by atoms with Crippen molar-refractivity contribution in [2.24, 2.45) is 5.73 Å². The average molecular weight is 225 g/mol. The first-order valence-corrected chi connectivity index (χ1v) is 6.08. The molecule has 0 aromatic heterocycles. The zero-order chi connectivity index (χ0) is 11.8. The number of piperidine rings is 1. The van der Waals surface area contributed by atoms with Crippen LogP contribution in [-0.4, -0.2) is 43.0 Å². The van der Waals surface area contributed by atoms with Gasteiger partial charge >= 0.3 is 0 Å². The summed E-state index contributed by atoms with van der Waals surface area (Å²) in [6.07, 6.45) is 6.98. The first-order valence-electron chi connectivity index (χ1n) is 6.08. The molecule has 0 bridgehead atoms. The Kier molecular flexibility index (Phi) is 6.11. The van der Waals surface area contributed by atoms with Crippen molar-refractivity contribution in [1.29, 1.82) is 0 Å². The number of carbonyl (C=O) groups is 1. The highest BCUT2D eigenvalue weighted by atomic mass is 16.2. The summed E-state index contributed by atoms with van der Waals surface area (Å²) in [5, 5.41) is 2.91. The fourth-order valence-electron chi connectivity index (χ4n) is 1.83. The second kappa shape index (κ2) is 7.41. The van der Waals surface area contributed by atoms with Crippen molar-refractivity contribution in [1.82, 2.24) is 10.2 Å². The van der Waals surface area contributed by atoms with E-state index in [9.17, 15) is 4.79 Å². The lowest BCUT2D eigenvalue weighted by molar-refractivity contribution is -0.122. The Hall–Kier alpha value is -0.870. The van der Waals surface area contributed by atoms with Crippen LogP contribution < -0.4 is 11.1 Å². The minimum Gasteiger partial charge on any atom is -0.355 e. The molecular formula is C12H23N3O. The van der Waals surface area contributed by atoms with E-state index in [0.717, 1.165) is 38.9 Å². The second-order valence-corrected chi connectivity index (χ2v) is 4.32. The molecule has 4 heteroatoms. The highest BCUT2D eigenvalue weighted by Gasteiger charge is 2.17. The molecular weight excluding hydrogens is 202 g/mol. The average Bonchev–Trinajstić information content (AvgIpc) is 2.28. The summed E-state index contributed by atoms with van der Waals surface area (Å²) in [4.78, 5) is 13.7. The van der Waals surface area contributed by atoms with E-state index >= 15 is 0 Å². The molecule has 1 amide bonds. The van der Waals surface area contributed by atoms with Crippen LogP contribution in [0, 0.1) is 0 Å². The fourth-order valence-corrected chi connectivity index (χ4v) is 1.83. The van der Waals surface area contributed by atoms with Crippen LogP contribution >= 0.6 is 0 Å². The van der Waals surface area contributed by atoms with Crippen LogP contribution in [0.4, 0.5) is 0 Å². The zero-order valence-corrected chi connectivity index (χ0v) is 10.1. The van der Waals surface area contributed by atoms with Gasteiger partial charge in [0.2, 0.25) is 5.91 Å². The van der Waals surface area contributed by atoms with E-state index in [-0.39, 0.29) is 5.91 Å². The number of likely N-dealkylation sites (tertiary alicyclic amines) is 1. The molecule has 0 aromatic rings. The molecule has 92 valence electrons. The maximum Gasteiger partial charge on any atom is 0.234 e. The number of hydrogen-bond acceptors (Lipinski definition) is 3. The third-order valence-corrected chi connectivity index (χ3v) is 2.87. The molecule has 0 spiro atoms. The van der Waals surface area contributed by atoms with Gasteiger partial charge in [-0.25, -0.2) is 0 Å². The number of amides is 1. The summed E-state index contributed by atoms with van der Waals surface area (Å²) in [6, 6.07) is 0.328. The summed E-state index contributed by atoms with van der Waals surface area (Å²) in [6.45, 7) is 5.13. The standard InChI is InChI=1S/C12H23N3O/c1-2-3-4-7-14-12(16)10-15-8-5-11(13)6-9-15/h2-3,11H,4-10,13H2,1H3,(H,14,16)/b3-2+. The van der Waals surface area contributed by atoms with Gasteiger partial charge in [0, 0.05) is 25.7 Å². The largest absolute Gasteiger partial charge is 0.355 e. The summed E-state index contributed by atoms with van der Waals surface area (Å²) in [5.41, 5.74) is 5.81. The Morgan fingerprint density at radius 3 is 2.81 bits per heavy atom. The van der Waals surface area contributed by atoms with Crippen molar-refractivity contribution in [2.75, 3.05) is 26.2 Å². The van der Waals surface area contributed by atoms with Crippen LogP contribution in [0.1, 0.15) is 26.2 Å². The first-order chi connectivity index (χ1) is 7.72. The third kappa shape index (κ3) is 5.28. The number of rotatable bonds is 5. The number of hydrogen-bond donors (Lipinski definition) is 2. The smallest absolute Gasteiger partial charge is 0.234 e. The summed E-state index contributed by atoms with van der Waals surface area (Å²) in [5.74, 6) is 0.125. The minimum atomic E-state index is 0.125. The Bertz CT molecular complexity index is 232. The monoisotopic (exact) mass is 225 g/mol. The first kappa shape index (κ1) is 13.2. The van der Waals surface area contributed by atoms with Crippen molar-refractivity contribution in [3.63, 3.8) is 0 Å². The molecule has 0 radical (unpaired) electrons. The molecule has 0 saturated carbocycles. The van der Waals surface area contributed by atoms with Crippen molar-refractivity contribution < 1.29 is 4.79 Å². The van der Waals surface area contributed by atoms with Crippen molar-refractivity contribution in [3.8, 4) is 0 Å². The lowest BCUT2D eigenvalue weighted by Gasteiger charge is -2.29. The zero-order valence-electron chi connectivity index (χ0n) is 10.1. The topological polar surface area (TPSA) is 58.4 Å². The number of nitrogens with two attached hydrogens (primary N) is 1. The lowest BCUT2D eigenvalue weighted by Crippen LogP contribution is -2.44. The van der Waals surface area contributed by atoms with E-state index in [4.69, 9.17) is 5.73 Å². The fraction of sp³-hybridized carbons (Fsp3) is 0.750. The SMILES string of the molecule is C/C=C/CCNC(=O)CN1CCC(N)CC1. The van der Waals surface area contributed by atoms with E-state index in [1.807, 2.05) is 13.0 Å². The van der Waals surface area contributed by atoms with Gasteiger partial charge in [-0.05, 0) is 26.2 Å². The molecule has 16 heavy (non-hydrogen) atoms. The van der Waals surface area contributed by atoms with Crippen LogP contribution in [-0.2, 0) is 4.79 Å². The minimum absolute atomic E-state index is 0.125. The van der Waals surface area contributed by atoms with E-state index in [2.05, 4.69) is 16.3 Å². The van der Waals surface area contributed by atoms with Gasteiger partial charge in [0.15, 0.2) is 0 Å². The van der Waals surface area contributed by atoms with E-state index in [1.165, 1.54) is 0 Å². The van der Waals surface area contributed by atoms with E-state index in [0.29, 0.717) is 12.6 Å². The molecule has 1 aliphatic heterocycles. The molecule has 0 atom stereocenters. The number of carbonyl (C=O) groups excluding carboxylic acids is 1. The second-order valence-electron chi connectivity index (χ2n) is 4.32. The van der Waals surface area contributed by atoms with Gasteiger partial charge in [0.25, 0.3) is 0 Å². The maximum absolute atomic E-state index is 11.5.